The van der Waals surface area contributed by atoms with E-state index in [1.165, 1.54) is 47.4 Å². The summed E-state index contributed by atoms with van der Waals surface area (Å²) in [5, 5.41) is 16.2. The number of hydrogen-bond acceptors (Lipinski definition) is 5. The van der Waals surface area contributed by atoms with Crippen LogP contribution in [0.3, 0.4) is 0 Å². The summed E-state index contributed by atoms with van der Waals surface area (Å²) in [5.41, 5.74) is 1.45. The van der Waals surface area contributed by atoms with Gasteiger partial charge in [-0.05, 0) is 36.4 Å². The van der Waals surface area contributed by atoms with Gasteiger partial charge in [0.2, 0.25) is 0 Å². The van der Waals surface area contributed by atoms with Crippen LogP contribution in [0.25, 0.3) is 0 Å². The molecule has 4 rings (SSSR count). The number of amides is 1. The van der Waals surface area contributed by atoms with E-state index < -0.39 is 4.92 Å². The molecule has 0 spiro atoms. The monoisotopic (exact) mass is 388 g/mol. The number of hydrogen-bond donors (Lipinski definition) is 2. The van der Waals surface area contributed by atoms with Crippen LogP contribution in [0.4, 0.5) is 11.4 Å². The van der Waals surface area contributed by atoms with Crippen LogP contribution in [-0.4, -0.2) is 31.0 Å². The van der Waals surface area contributed by atoms with Crippen LogP contribution < -0.4 is 15.0 Å². The number of quaternary nitrogens is 1. The molecule has 1 fully saturated rings. The standard InChI is InChI=1S/C19H21N3O4S/c1-26-13-4-5-15(16(10-13)22(24)25)20-18(23)11-21-8-6-17-14(7-9-27-17)19(21)12-2-3-12/h4-5,7,9-10,12,19H,2-3,6,8,11H2,1H3,(H,20,23)/p+1/t19-/m0/s1. The number of carbonyl (C=O) groups excluding carboxylic acids is 1. The van der Waals surface area contributed by atoms with E-state index in [0.717, 1.165) is 13.0 Å². The lowest BCUT2D eigenvalue weighted by molar-refractivity contribution is -0.928. The van der Waals surface area contributed by atoms with Crippen molar-refractivity contribution in [3.8, 4) is 5.75 Å². The number of thiophene rings is 1. The second kappa shape index (κ2) is 7.28. The number of carbonyl (C=O) groups is 1. The van der Waals surface area contributed by atoms with Gasteiger partial charge < -0.3 is 15.0 Å². The van der Waals surface area contributed by atoms with Crippen LogP contribution in [0, 0.1) is 16.0 Å². The highest BCUT2D eigenvalue weighted by molar-refractivity contribution is 7.10. The van der Waals surface area contributed by atoms with Gasteiger partial charge in [0, 0.05) is 22.8 Å². The molecule has 1 aromatic carbocycles. The number of benzene rings is 1. The van der Waals surface area contributed by atoms with Gasteiger partial charge in [-0.1, -0.05) is 0 Å². The first-order valence-corrected chi connectivity index (χ1v) is 9.98. The number of fused-ring (bicyclic) bond motifs is 1. The average molecular weight is 388 g/mol. The first kappa shape index (κ1) is 17.9. The van der Waals surface area contributed by atoms with Crippen LogP contribution in [0.1, 0.15) is 29.3 Å². The van der Waals surface area contributed by atoms with Gasteiger partial charge in [0.15, 0.2) is 6.54 Å². The third kappa shape index (κ3) is 3.68. The maximum atomic E-state index is 12.7. The lowest BCUT2D eigenvalue weighted by Gasteiger charge is -2.32. The van der Waals surface area contributed by atoms with E-state index >= 15 is 0 Å². The lowest BCUT2D eigenvalue weighted by Crippen LogP contribution is -3.14. The Balaban J connectivity index is 1.49. The Morgan fingerprint density at radius 1 is 1.41 bits per heavy atom. The number of anilines is 1. The van der Waals surface area contributed by atoms with Gasteiger partial charge in [-0.3, -0.25) is 14.9 Å². The molecule has 0 saturated heterocycles. The van der Waals surface area contributed by atoms with Crippen molar-refractivity contribution in [2.24, 2.45) is 5.92 Å². The Hall–Kier alpha value is -2.45. The van der Waals surface area contributed by atoms with Gasteiger partial charge in [-0.15, -0.1) is 11.3 Å². The third-order valence-corrected chi connectivity index (χ3v) is 6.38. The molecular formula is C19H22N3O4S+. The molecule has 1 amide bonds. The van der Waals surface area contributed by atoms with E-state index in [4.69, 9.17) is 4.74 Å². The van der Waals surface area contributed by atoms with E-state index in [1.54, 1.807) is 17.4 Å². The van der Waals surface area contributed by atoms with Crippen molar-refractivity contribution in [3.05, 3.63) is 50.2 Å². The molecule has 2 aliphatic rings. The van der Waals surface area contributed by atoms with Crippen molar-refractivity contribution in [2.45, 2.75) is 25.3 Å². The predicted octanol–water partition coefficient (Wildman–Crippen LogP) is 2.20. The molecule has 0 bridgehead atoms. The van der Waals surface area contributed by atoms with Crippen LogP contribution in [0.5, 0.6) is 5.75 Å². The summed E-state index contributed by atoms with van der Waals surface area (Å²) in [6, 6.07) is 7.04. The molecule has 1 aliphatic heterocycles. The normalized spacial score (nSPS) is 21.4. The number of methoxy groups -OCH3 is 1. The van der Waals surface area contributed by atoms with Crippen LogP contribution in [0.15, 0.2) is 29.6 Å². The predicted molar refractivity (Wildman–Crippen MR) is 102 cm³/mol. The number of nitro groups is 1. The number of nitrogens with one attached hydrogen (secondary N) is 2. The Labute approximate surface area is 161 Å². The highest BCUT2D eigenvalue weighted by Crippen LogP contribution is 2.42. The van der Waals surface area contributed by atoms with E-state index in [1.807, 2.05) is 0 Å². The topological polar surface area (TPSA) is 85.9 Å². The van der Waals surface area contributed by atoms with Crippen molar-refractivity contribution < 1.29 is 19.4 Å². The lowest BCUT2D eigenvalue weighted by atomic mass is 9.96. The van der Waals surface area contributed by atoms with Crippen molar-refractivity contribution >= 4 is 28.6 Å². The summed E-state index contributed by atoms with van der Waals surface area (Å²) >= 11 is 1.81. The maximum Gasteiger partial charge on any atom is 0.296 e. The zero-order valence-electron chi connectivity index (χ0n) is 15.1. The van der Waals surface area contributed by atoms with Gasteiger partial charge in [0.1, 0.15) is 17.5 Å². The Bertz CT molecular complexity index is 878. The fraction of sp³-hybridized carbons (Fsp3) is 0.421. The van der Waals surface area contributed by atoms with Gasteiger partial charge in [-0.2, -0.15) is 0 Å². The molecule has 2 N–H and O–H groups in total. The molecule has 2 atom stereocenters. The van der Waals surface area contributed by atoms with Gasteiger partial charge >= 0.3 is 0 Å². The summed E-state index contributed by atoms with van der Waals surface area (Å²) in [7, 11) is 1.45. The summed E-state index contributed by atoms with van der Waals surface area (Å²) in [5.74, 6) is 0.847. The number of nitro benzene ring substituents is 1. The molecule has 2 heterocycles. The van der Waals surface area contributed by atoms with E-state index in [2.05, 4.69) is 16.8 Å². The smallest absolute Gasteiger partial charge is 0.296 e. The number of ether oxygens (including phenoxy) is 1. The van der Waals surface area contributed by atoms with Crippen LogP contribution >= 0.6 is 11.3 Å². The maximum absolute atomic E-state index is 12.7. The number of rotatable bonds is 6. The molecular weight excluding hydrogens is 366 g/mol. The first-order chi connectivity index (χ1) is 13.1. The van der Waals surface area contributed by atoms with Crippen molar-refractivity contribution in [2.75, 3.05) is 25.5 Å². The Morgan fingerprint density at radius 3 is 2.93 bits per heavy atom. The summed E-state index contributed by atoms with van der Waals surface area (Å²) < 4.78 is 5.04. The molecule has 1 aromatic heterocycles. The minimum absolute atomic E-state index is 0.157. The fourth-order valence-corrected chi connectivity index (χ4v) is 4.92. The molecule has 7 nitrogen and oxygen atoms in total. The summed E-state index contributed by atoms with van der Waals surface area (Å²) in [6.07, 6.45) is 3.42. The molecule has 27 heavy (non-hydrogen) atoms. The molecule has 8 heteroatoms. The SMILES string of the molecule is COc1ccc(NC(=O)C[NH+]2CCc3sccc3[C@@H]2C2CC2)c([N+](=O)[O-])c1. The minimum atomic E-state index is -0.503. The summed E-state index contributed by atoms with van der Waals surface area (Å²) in [6.45, 7) is 1.24. The van der Waals surface area contributed by atoms with Gasteiger partial charge in [-0.25, -0.2) is 0 Å². The van der Waals surface area contributed by atoms with E-state index in [0.29, 0.717) is 24.3 Å². The Morgan fingerprint density at radius 2 is 2.22 bits per heavy atom. The second-order valence-corrected chi connectivity index (χ2v) is 8.14. The molecule has 2 aromatic rings. The molecule has 1 aliphatic carbocycles. The largest absolute Gasteiger partial charge is 0.496 e. The van der Waals surface area contributed by atoms with Crippen LogP contribution in [-0.2, 0) is 11.2 Å². The second-order valence-electron chi connectivity index (χ2n) is 7.14. The zero-order chi connectivity index (χ0) is 19.0. The highest BCUT2D eigenvalue weighted by Gasteiger charge is 2.43. The molecule has 1 unspecified atom stereocenters. The Kier molecular flexibility index (Phi) is 4.84. The highest BCUT2D eigenvalue weighted by atomic mass is 32.1. The third-order valence-electron chi connectivity index (χ3n) is 5.38. The molecule has 0 radical (unpaired) electrons. The van der Waals surface area contributed by atoms with Gasteiger partial charge in [0.05, 0.1) is 24.6 Å². The zero-order valence-corrected chi connectivity index (χ0v) is 15.9. The van der Waals surface area contributed by atoms with E-state index in [-0.39, 0.29) is 17.3 Å². The quantitative estimate of drug-likeness (QED) is 0.587. The van der Waals surface area contributed by atoms with Crippen molar-refractivity contribution in [1.82, 2.24) is 0 Å². The van der Waals surface area contributed by atoms with Gasteiger partial charge in [0.25, 0.3) is 11.6 Å². The first-order valence-electron chi connectivity index (χ1n) is 9.10. The van der Waals surface area contributed by atoms with Crippen molar-refractivity contribution in [1.29, 1.82) is 0 Å². The van der Waals surface area contributed by atoms with Crippen molar-refractivity contribution in [3.63, 3.8) is 0 Å². The van der Waals surface area contributed by atoms with Crippen LogP contribution in [0.2, 0.25) is 0 Å². The number of nitrogens with zero attached hydrogens (tertiary/aromatic N) is 1. The van der Waals surface area contributed by atoms with E-state index in [9.17, 15) is 14.9 Å². The summed E-state index contributed by atoms with van der Waals surface area (Å²) in [4.78, 5) is 26.2. The fourth-order valence-electron chi connectivity index (χ4n) is 3.99. The molecule has 1 saturated carbocycles. The molecule has 142 valence electrons. The average Bonchev–Trinajstić information content (AvgIpc) is 3.37. The minimum Gasteiger partial charge on any atom is -0.496 e.